The number of esters is 1. The molecule has 1 fully saturated rings. The maximum absolute atomic E-state index is 11.6. The summed E-state index contributed by atoms with van der Waals surface area (Å²) < 4.78 is 4.82. The van der Waals surface area contributed by atoms with Crippen molar-refractivity contribution in [3.8, 4) is 0 Å². The molecule has 1 unspecified atom stereocenters. The summed E-state index contributed by atoms with van der Waals surface area (Å²) in [5.41, 5.74) is 1.04. The number of rotatable bonds is 3. The second-order valence-corrected chi connectivity index (χ2v) is 5.68. The Morgan fingerprint density at radius 1 is 1.47 bits per heavy atom. The van der Waals surface area contributed by atoms with Gasteiger partial charge in [0.1, 0.15) is 0 Å². The van der Waals surface area contributed by atoms with Crippen LogP contribution < -0.4 is 0 Å². The quantitative estimate of drug-likeness (QED) is 0.802. The Kier molecular flexibility index (Phi) is 5.08. The highest BCUT2D eigenvalue weighted by molar-refractivity contribution is 6.35. The first-order chi connectivity index (χ1) is 9.10. The first-order valence-electron chi connectivity index (χ1n) is 6.34. The van der Waals surface area contributed by atoms with Crippen molar-refractivity contribution in [1.82, 2.24) is 4.90 Å². The lowest BCUT2D eigenvalue weighted by Gasteiger charge is -2.31. The average molecular weight is 302 g/mol. The van der Waals surface area contributed by atoms with Gasteiger partial charge in [-0.2, -0.15) is 0 Å². The van der Waals surface area contributed by atoms with Crippen LogP contribution in [0.4, 0.5) is 0 Å². The van der Waals surface area contributed by atoms with Gasteiger partial charge in [0.25, 0.3) is 0 Å². The van der Waals surface area contributed by atoms with Crippen molar-refractivity contribution in [1.29, 1.82) is 0 Å². The third kappa shape index (κ3) is 3.85. The number of nitrogens with zero attached hydrogens (tertiary/aromatic N) is 1. The highest BCUT2D eigenvalue weighted by Crippen LogP contribution is 2.25. The molecule has 0 amide bonds. The smallest absolute Gasteiger partial charge is 0.309 e. The lowest BCUT2D eigenvalue weighted by molar-refractivity contribution is -0.147. The second kappa shape index (κ2) is 6.60. The van der Waals surface area contributed by atoms with Gasteiger partial charge in [-0.1, -0.05) is 29.3 Å². The van der Waals surface area contributed by atoms with E-state index in [1.165, 1.54) is 7.11 Å². The fourth-order valence-corrected chi connectivity index (χ4v) is 2.92. The van der Waals surface area contributed by atoms with Gasteiger partial charge in [0.2, 0.25) is 0 Å². The molecule has 19 heavy (non-hydrogen) atoms. The van der Waals surface area contributed by atoms with E-state index in [1.807, 2.05) is 12.1 Å². The van der Waals surface area contributed by atoms with Crippen LogP contribution in [0.25, 0.3) is 0 Å². The van der Waals surface area contributed by atoms with Gasteiger partial charge in [-0.05, 0) is 37.1 Å². The Morgan fingerprint density at radius 3 is 2.95 bits per heavy atom. The van der Waals surface area contributed by atoms with Gasteiger partial charge >= 0.3 is 5.97 Å². The molecule has 0 spiro atoms. The van der Waals surface area contributed by atoms with Crippen LogP contribution in [0.15, 0.2) is 18.2 Å². The first-order valence-corrected chi connectivity index (χ1v) is 7.10. The van der Waals surface area contributed by atoms with E-state index in [1.54, 1.807) is 6.07 Å². The minimum absolute atomic E-state index is 0.0233. The molecule has 0 aliphatic carbocycles. The van der Waals surface area contributed by atoms with Crippen molar-refractivity contribution in [2.24, 2.45) is 5.92 Å². The van der Waals surface area contributed by atoms with E-state index >= 15 is 0 Å². The number of ether oxygens (including phenoxy) is 1. The van der Waals surface area contributed by atoms with E-state index in [0.717, 1.165) is 38.0 Å². The van der Waals surface area contributed by atoms with Crippen molar-refractivity contribution < 1.29 is 9.53 Å². The topological polar surface area (TPSA) is 29.5 Å². The maximum atomic E-state index is 11.6. The number of carbonyl (C=O) groups excluding carboxylic acids is 1. The van der Waals surface area contributed by atoms with E-state index in [9.17, 15) is 4.79 Å². The van der Waals surface area contributed by atoms with Crippen LogP contribution in [0, 0.1) is 5.92 Å². The number of carbonyl (C=O) groups is 1. The molecule has 5 heteroatoms. The summed E-state index contributed by atoms with van der Waals surface area (Å²) in [5, 5.41) is 1.31. The molecule has 0 N–H and O–H groups in total. The SMILES string of the molecule is COC(=O)C1CCCN(Cc2ccc(Cl)cc2Cl)C1. The molecule has 0 radical (unpaired) electrons. The predicted molar refractivity (Wildman–Crippen MR) is 76.5 cm³/mol. The molecule has 1 aromatic carbocycles. The van der Waals surface area contributed by atoms with Gasteiger partial charge < -0.3 is 4.74 Å². The van der Waals surface area contributed by atoms with E-state index in [4.69, 9.17) is 27.9 Å². The van der Waals surface area contributed by atoms with Gasteiger partial charge in [-0.3, -0.25) is 9.69 Å². The Balaban J connectivity index is 2.00. The Hall–Kier alpha value is -0.770. The minimum Gasteiger partial charge on any atom is -0.469 e. The first kappa shape index (κ1) is 14.6. The third-order valence-electron chi connectivity index (χ3n) is 3.45. The average Bonchev–Trinajstić information content (AvgIpc) is 2.41. The number of piperidine rings is 1. The molecule has 1 atom stereocenters. The lowest BCUT2D eigenvalue weighted by atomic mass is 9.98. The van der Waals surface area contributed by atoms with Gasteiger partial charge in [0.05, 0.1) is 13.0 Å². The maximum Gasteiger partial charge on any atom is 0.309 e. The van der Waals surface area contributed by atoms with Gasteiger partial charge in [0, 0.05) is 23.1 Å². The summed E-state index contributed by atoms with van der Waals surface area (Å²) >= 11 is 12.1. The lowest BCUT2D eigenvalue weighted by Crippen LogP contribution is -2.38. The molecule has 1 aliphatic rings. The molecule has 1 saturated heterocycles. The normalized spacial score (nSPS) is 20.3. The van der Waals surface area contributed by atoms with Crippen molar-refractivity contribution in [2.75, 3.05) is 20.2 Å². The molecule has 1 heterocycles. The minimum atomic E-state index is -0.119. The molecule has 2 rings (SSSR count). The zero-order valence-electron chi connectivity index (χ0n) is 10.9. The van der Waals surface area contributed by atoms with E-state index in [0.29, 0.717) is 10.0 Å². The van der Waals surface area contributed by atoms with Crippen LogP contribution in [0.5, 0.6) is 0 Å². The van der Waals surface area contributed by atoms with Crippen molar-refractivity contribution in [3.63, 3.8) is 0 Å². The monoisotopic (exact) mass is 301 g/mol. The fourth-order valence-electron chi connectivity index (χ4n) is 2.45. The van der Waals surface area contributed by atoms with Crippen LogP contribution >= 0.6 is 23.2 Å². The molecule has 104 valence electrons. The Labute approximate surface area is 123 Å². The number of likely N-dealkylation sites (tertiary alicyclic amines) is 1. The summed E-state index contributed by atoms with van der Waals surface area (Å²) in [6.07, 6.45) is 1.91. The fraction of sp³-hybridized carbons (Fsp3) is 0.500. The standard InChI is InChI=1S/C14H17Cl2NO2/c1-19-14(18)11-3-2-6-17(9-11)8-10-4-5-12(15)7-13(10)16/h4-5,7,11H,2-3,6,8-9H2,1H3. The van der Waals surface area contributed by atoms with E-state index < -0.39 is 0 Å². The number of methoxy groups -OCH3 is 1. The van der Waals surface area contributed by atoms with Crippen LogP contribution in [0.2, 0.25) is 10.0 Å². The summed E-state index contributed by atoms with van der Waals surface area (Å²) in [6.45, 7) is 2.45. The Bertz CT molecular complexity index is 465. The molecule has 0 saturated carbocycles. The number of hydrogen-bond acceptors (Lipinski definition) is 3. The summed E-state index contributed by atoms with van der Waals surface area (Å²) in [4.78, 5) is 13.8. The van der Waals surface area contributed by atoms with Crippen molar-refractivity contribution >= 4 is 29.2 Å². The van der Waals surface area contributed by atoms with E-state index in [2.05, 4.69) is 4.90 Å². The molecule has 0 bridgehead atoms. The molecular formula is C14H17Cl2NO2. The number of halogens is 2. The van der Waals surface area contributed by atoms with Gasteiger partial charge in [0.15, 0.2) is 0 Å². The molecule has 1 aromatic rings. The highest BCUT2D eigenvalue weighted by atomic mass is 35.5. The van der Waals surface area contributed by atoms with Gasteiger partial charge in [-0.25, -0.2) is 0 Å². The van der Waals surface area contributed by atoms with Crippen molar-refractivity contribution in [3.05, 3.63) is 33.8 Å². The molecular weight excluding hydrogens is 285 g/mol. The van der Waals surface area contributed by atoms with Gasteiger partial charge in [-0.15, -0.1) is 0 Å². The molecule has 3 nitrogen and oxygen atoms in total. The Morgan fingerprint density at radius 2 is 2.26 bits per heavy atom. The predicted octanol–water partition coefficient (Wildman–Crippen LogP) is 3.38. The summed E-state index contributed by atoms with van der Waals surface area (Å²) in [7, 11) is 1.44. The highest BCUT2D eigenvalue weighted by Gasteiger charge is 2.26. The van der Waals surface area contributed by atoms with Crippen LogP contribution in [-0.4, -0.2) is 31.1 Å². The number of hydrogen-bond donors (Lipinski definition) is 0. The van der Waals surface area contributed by atoms with Crippen LogP contribution in [-0.2, 0) is 16.1 Å². The second-order valence-electron chi connectivity index (χ2n) is 4.83. The van der Waals surface area contributed by atoms with E-state index in [-0.39, 0.29) is 11.9 Å². The zero-order chi connectivity index (χ0) is 13.8. The zero-order valence-corrected chi connectivity index (χ0v) is 12.4. The molecule has 0 aromatic heterocycles. The van der Waals surface area contributed by atoms with Crippen LogP contribution in [0.3, 0.4) is 0 Å². The third-order valence-corrected chi connectivity index (χ3v) is 4.04. The van der Waals surface area contributed by atoms with Crippen LogP contribution in [0.1, 0.15) is 18.4 Å². The molecule has 1 aliphatic heterocycles. The van der Waals surface area contributed by atoms with Crippen molar-refractivity contribution in [2.45, 2.75) is 19.4 Å². The number of benzene rings is 1. The largest absolute Gasteiger partial charge is 0.469 e. The summed E-state index contributed by atoms with van der Waals surface area (Å²) in [6, 6.07) is 5.52. The summed E-state index contributed by atoms with van der Waals surface area (Å²) in [5.74, 6) is -0.142.